The molecule has 2 aromatic carbocycles. The topological polar surface area (TPSA) is 58.1 Å². The van der Waals surface area contributed by atoms with E-state index < -0.39 is 0 Å². The molecule has 0 aliphatic heterocycles. The van der Waals surface area contributed by atoms with Crippen molar-refractivity contribution in [2.24, 2.45) is 0 Å². The lowest BCUT2D eigenvalue weighted by Gasteiger charge is -2.16. The van der Waals surface area contributed by atoms with Crippen LogP contribution in [0, 0.1) is 19.7 Å². The molecule has 0 radical (unpaired) electrons. The van der Waals surface area contributed by atoms with Gasteiger partial charge in [-0.25, -0.2) is 4.39 Å². The first-order valence-corrected chi connectivity index (χ1v) is 10.5. The molecule has 8 heteroatoms. The minimum atomic E-state index is -0.283. The molecule has 0 fully saturated rings. The van der Waals surface area contributed by atoms with Crippen LogP contribution >= 0.6 is 23.1 Å². The highest BCUT2D eigenvalue weighted by Crippen LogP contribution is 2.29. The Balaban J connectivity index is 1.52. The van der Waals surface area contributed by atoms with Crippen LogP contribution in [0.1, 0.15) is 16.7 Å². The second-order valence-corrected chi connectivity index (χ2v) is 8.68. The van der Waals surface area contributed by atoms with E-state index in [-0.39, 0.29) is 17.5 Å². The zero-order chi connectivity index (χ0) is 20.1. The number of nitrogens with zero attached hydrogens (tertiary/aromatic N) is 3. The number of anilines is 2. The van der Waals surface area contributed by atoms with Crippen molar-refractivity contribution in [2.45, 2.75) is 24.7 Å². The lowest BCUT2D eigenvalue weighted by atomic mass is 10.1. The van der Waals surface area contributed by atoms with Crippen LogP contribution < -0.4 is 5.32 Å². The maximum absolute atomic E-state index is 13.0. The summed E-state index contributed by atoms with van der Waals surface area (Å²) in [5.41, 5.74) is 4.23. The molecule has 0 atom stereocenters. The summed E-state index contributed by atoms with van der Waals surface area (Å²) in [5, 5.41) is 12.3. The third kappa shape index (κ3) is 5.53. The van der Waals surface area contributed by atoms with Crippen molar-refractivity contribution in [1.29, 1.82) is 0 Å². The molecule has 28 heavy (non-hydrogen) atoms. The first-order valence-electron chi connectivity index (χ1n) is 8.69. The quantitative estimate of drug-likeness (QED) is 0.561. The van der Waals surface area contributed by atoms with Gasteiger partial charge >= 0.3 is 0 Å². The molecule has 1 aromatic heterocycles. The van der Waals surface area contributed by atoms with Crippen molar-refractivity contribution < 1.29 is 9.18 Å². The van der Waals surface area contributed by atoms with Gasteiger partial charge in [-0.2, -0.15) is 0 Å². The predicted molar refractivity (Wildman–Crippen MR) is 113 cm³/mol. The lowest BCUT2D eigenvalue weighted by Crippen LogP contribution is -2.27. The fourth-order valence-corrected chi connectivity index (χ4v) is 4.28. The number of carbonyl (C=O) groups excluding carboxylic acids is 1. The Morgan fingerprint density at radius 3 is 2.64 bits per heavy atom. The van der Waals surface area contributed by atoms with Gasteiger partial charge in [-0.05, 0) is 43.2 Å². The van der Waals surface area contributed by atoms with Gasteiger partial charge in [0.05, 0.1) is 5.75 Å². The van der Waals surface area contributed by atoms with Crippen LogP contribution in [0.4, 0.5) is 15.2 Å². The molecule has 0 saturated heterocycles. The van der Waals surface area contributed by atoms with Gasteiger partial charge in [-0.1, -0.05) is 52.9 Å². The minimum absolute atomic E-state index is 0.0200. The van der Waals surface area contributed by atoms with E-state index in [1.165, 1.54) is 40.8 Å². The molecule has 146 valence electrons. The summed E-state index contributed by atoms with van der Waals surface area (Å²) in [6.45, 7) is 4.54. The van der Waals surface area contributed by atoms with Crippen molar-refractivity contribution in [3.63, 3.8) is 0 Å². The summed E-state index contributed by atoms with van der Waals surface area (Å²) in [5.74, 6) is -0.0289. The number of benzene rings is 2. The maximum atomic E-state index is 13.0. The van der Waals surface area contributed by atoms with E-state index in [1.807, 2.05) is 19.1 Å². The Labute approximate surface area is 172 Å². The van der Waals surface area contributed by atoms with Crippen molar-refractivity contribution in [2.75, 3.05) is 18.1 Å². The van der Waals surface area contributed by atoms with Gasteiger partial charge < -0.3 is 10.2 Å². The van der Waals surface area contributed by atoms with Crippen LogP contribution in [0.5, 0.6) is 0 Å². The number of halogens is 1. The van der Waals surface area contributed by atoms with Crippen LogP contribution in [0.2, 0.25) is 0 Å². The van der Waals surface area contributed by atoms with Gasteiger partial charge in [0.25, 0.3) is 0 Å². The Hall–Kier alpha value is -2.45. The molecule has 0 saturated carbocycles. The van der Waals surface area contributed by atoms with Crippen LogP contribution in [0.15, 0.2) is 46.8 Å². The maximum Gasteiger partial charge on any atom is 0.233 e. The standard InChI is InChI=1S/C20H21FN4OS2/c1-13-4-9-17(14(2)10-13)22-19-23-24-20(28-19)27-12-18(26)25(3)11-15-5-7-16(21)8-6-15/h4-10H,11-12H2,1-3H3,(H,22,23). The second-order valence-electron chi connectivity index (χ2n) is 6.48. The minimum Gasteiger partial charge on any atom is -0.341 e. The SMILES string of the molecule is Cc1ccc(Nc2nnc(SCC(=O)N(C)Cc3ccc(F)cc3)s2)c(C)c1. The first kappa shape index (κ1) is 20.3. The van der Waals surface area contributed by atoms with Crippen molar-refractivity contribution in [3.8, 4) is 0 Å². The van der Waals surface area contributed by atoms with Gasteiger partial charge in [0.15, 0.2) is 4.34 Å². The summed E-state index contributed by atoms with van der Waals surface area (Å²) in [6, 6.07) is 12.3. The molecule has 3 rings (SSSR count). The van der Waals surface area contributed by atoms with Crippen molar-refractivity contribution >= 4 is 39.8 Å². The molecule has 0 aliphatic carbocycles. The van der Waals surface area contributed by atoms with E-state index >= 15 is 0 Å². The van der Waals surface area contributed by atoms with Gasteiger partial charge in [-0.3, -0.25) is 4.79 Å². The van der Waals surface area contributed by atoms with Crippen LogP contribution in [0.25, 0.3) is 0 Å². The normalized spacial score (nSPS) is 10.7. The number of hydrogen-bond acceptors (Lipinski definition) is 6. The summed E-state index contributed by atoms with van der Waals surface area (Å²) in [4.78, 5) is 14.0. The first-order chi connectivity index (χ1) is 13.4. The number of hydrogen-bond donors (Lipinski definition) is 1. The Morgan fingerprint density at radius 1 is 1.18 bits per heavy atom. The van der Waals surface area contributed by atoms with Crippen LogP contribution in [-0.4, -0.2) is 33.8 Å². The zero-order valence-electron chi connectivity index (χ0n) is 15.9. The van der Waals surface area contributed by atoms with Gasteiger partial charge in [0.1, 0.15) is 5.82 Å². The Morgan fingerprint density at radius 2 is 1.93 bits per heavy atom. The molecule has 1 amide bonds. The third-order valence-electron chi connectivity index (χ3n) is 4.11. The van der Waals surface area contributed by atoms with Crippen molar-refractivity contribution in [1.82, 2.24) is 15.1 Å². The highest BCUT2D eigenvalue weighted by atomic mass is 32.2. The molecule has 0 unspecified atom stereocenters. The van der Waals surface area contributed by atoms with Gasteiger partial charge in [0, 0.05) is 19.3 Å². The number of rotatable bonds is 7. The molecule has 1 heterocycles. The predicted octanol–water partition coefficient (Wildman–Crippen LogP) is 4.79. The number of carbonyl (C=O) groups is 1. The molecule has 0 aliphatic rings. The summed E-state index contributed by atoms with van der Waals surface area (Å²) in [7, 11) is 1.74. The summed E-state index contributed by atoms with van der Waals surface area (Å²) in [6.07, 6.45) is 0. The second kappa shape index (κ2) is 9.16. The van der Waals surface area contributed by atoms with E-state index in [0.717, 1.165) is 21.2 Å². The van der Waals surface area contributed by atoms with Gasteiger partial charge in [0.2, 0.25) is 11.0 Å². The fraction of sp³-hybridized carbons (Fsp3) is 0.250. The Kier molecular flexibility index (Phi) is 6.64. The largest absolute Gasteiger partial charge is 0.341 e. The molecule has 0 spiro atoms. The number of aryl methyl sites for hydroxylation is 2. The number of aromatic nitrogens is 2. The van der Waals surface area contributed by atoms with E-state index in [9.17, 15) is 9.18 Å². The van der Waals surface area contributed by atoms with E-state index in [0.29, 0.717) is 11.7 Å². The molecule has 1 N–H and O–H groups in total. The van der Waals surface area contributed by atoms with Crippen LogP contribution in [0.3, 0.4) is 0 Å². The number of amides is 1. The molecule has 0 bridgehead atoms. The fourth-order valence-electron chi connectivity index (χ4n) is 2.57. The van der Waals surface area contributed by atoms with E-state index in [1.54, 1.807) is 24.1 Å². The van der Waals surface area contributed by atoms with E-state index in [2.05, 4.69) is 28.5 Å². The third-order valence-corrected chi connectivity index (χ3v) is 6.06. The summed E-state index contributed by atoms with van der Waals surface area (Å²) >= 11 is 2.78. The monoisotopic (exact) mass is 416 g/mol. The van der Waals surface area contributed by atoms with E-state index in [4.69, 9.17) is 0 Å². The van der Waals surface area contributed by atoms with Gasteiger partial charge in [-0.15, -0.1) is 10.2 Å². The zero-order valence-corrected chi connectivity index (χ0v) is 17.5. The van der Waals surface area contributed by atoms with Crippen molar-refractivity contribution in [3.05, 3.63) is 65.0 Å². The molecular weight excluding hydrogens is 395 g/mol. The highest BCUT2D eigenvalue weighted by Gasteiger charge is 2.13. The lowest BCUT2D eigenvalue weighted by molar-refractivity contribution is -0.127. The average molecular weight is 417 g/mol. The number of thioether (sulfide) groups is 1. The molecular formula is C20H21FN4OS2. The average Bonchev–Trinajstić information content (AvgIpc) is 3.11. The number of nitrogens with one attached hydrogen (secondary N) is 1. The Bertz CT molecular complexity index is 959. The molecule has 5 nitrogen and oxygen atoms in total. The summed E-state index contributed by atoms with van der Waals surface area (Å²) < 4.78 is 13.7. The van der Waals surface area contributed by atoms with Crippen LogP contribution in [-0.2, 0) is 11.3 Å². The molecule has 3 aromatic rings. The highest BCUT2D eigenvalue weighted by molar-refractivity contribution is 8.01. The smallest absolute Gasteiger partial charge is 0.233 e.